The van der Waals surface area contributed by atoms with Crippen LogP contribution in [-0.4, -0.2) is 4.98 Å². The molecule has 0 unspecified atom stereocenters. The highest BCUT2D eigenvalue weighted by Crippen LogP contribution is 2.46. The Morgan fingerprint density at radius 2 is 1.06 bits per heavy atom. The van der Waals surface area contributed by atoms with Crippen molar-refractivity contribution in [2.24, 2.45) is 0 Å². The van der Waals surface area contributed by atoms with Gasteiger partial charge < -0.3 is 13.7 Å². The summed E-state index contributed by atoms with van der Waals surface area (Å²) in [5.41, 5.74) is 13.0. The summed E-state index contributed by atoms with van der Waals surface area (Å²) >= 11 is 1.72. The van der Waals surface area contributed by atoms with Gasteiger partial charge in [-0.25, -0.2) is 4.98 Å². The maximum atomic E-state index is 6.67. The first-order valence-corrected chi connectivity index (χ1v) is 18.8. The molecule has 3 aromatic heterocycles. The number of aromatic nitrogens is 1. The van der Waals surface area contributed by atoms with Gasteiger partial charge in [0.15, 0.2) is 0 Å². The summed E-state index contributed by atoms with van der Waals surface area (Å²) in [5, 5.41) is 5.43. The van der Waals surface area contributed by atoms with Crippen LogP contribution in [0.25, 0.3) is 86.9 Å². The summed E-state index contributed by atoms with van der Waals surface area (Å²) < 4.78 is 14.2. The Morgan fingerprint density at radius 3 is 1.85 bits per heavy atom. The minimum absolute atomic E-state index is 0.853. The lowest BCUT2D eigenvalue weighted by Gasteiger charge is -2.28. The molecule has 0 bridgehead atoms. The van der Waals surface area contributed by atoms with E-state index in [4.69, 9.17) is 13.8 Å². The zero-order valence-corrected chi connectivity index (χ0v) is 29.8. The maximum Gasteiger partial charge on any atom is 0.144 e. The van der Waals surface area contributed by atoms with E-state index in [-0.39, 0.29) is 0 Å². The summed E-state index contributed by atoms with van der Waals surface area (Å²) in [5.74, 6) is 0. The molecule has 54 heavy (non-hydrogen) atoms. The summed E-state index contributed by atoms with van der Waals surface area (Å²) in [6.45, 7) is 0. The monoisotopic (exact) mass is 710 g/mol. The van der Waals surface area contributed by atoms with E-state index in [0.717, 1.165) is 104 Å². The molecule has 0 aliphatic rings. The summed E-state index contributed by atoms with van der Waals surface area (Å²) in [7, 11) is 0. The Morgan fingerprint density at radius 1 is 0.444 bits per heavy atom. The van der Waals surface area contributed by atoms with Crippen molar-refractivity contribution in [3.63, 3.8) is 0 Å². The van der Waals surface area contributed by atoms with Gasteiger partial charge in [0, 0.05) is 55.7 Å². The highest BCUT2D eigenvalue weighted by molar-refractivity contribution is 7.22. The molecule has 0 aliphatic heterocycles. The maximum absolute atomic E-state index is 6.67. The smallest absolute Gasteiger partial charge is 0.144 e. The molecule has 0 N–H and O–H groups in total. The molecule has 0 aliphatic carbocycles. The Kier molecular flexibility index (Phi) is 7.00. The molecule has 8 aromatic carbocycles. The van der Waals surface area contributed by atoms with Crippen molar-refractivity contribution in [1.29, 1.82) is 0 Å². The van der Waals surface area contributed by atoms with E-state index in [9.17, 15) is 0 Å². The van der Waals surface area contributed by atoms with Crippen molar-refractivity contribution in [2.45, 2.75) is 0 Å². The first-order chi connectivity index (χ1) is 26.8. The number of thiazole rings is 1. The number of nitrogens with zero attached hydrogens (tertiary/aromatic N) is 2. The fraction of sp³-hybridized carbons (Fsp3) is 0. The Hall–Kier alpha value is -6.95. The van der Waals surface area contributed by atoms with Gasteiger partial charge in [-0.2, -0.15) is 0 Å². The molecule has 0 saturated carbocycles. The topological polar surface area (TPSA) is 42.4 Å². The molecule has 11 rings (SSSR count). The van der Waals surface area contributed by atoms with Gasteiger partial charge in [0.25, 0.3) is 0 Å². The lowest BCUT2D eigenvalue weighted by Crippen LogP contribution is -2.11. The number of para-hydroxylation sites is 3. The second-order valence-corrected chi connectivity index (χ2v) is 14.5. The van der Waals surface area contributed by atoms with Crippen LogP contribution >= 0.6 is 11.3 Å². The van der Waals surface area contributed by atoms with Gasteiger partial charge >= 0.3 is 0 Å². The number of fused-ring (bicyclic) bond motifs is 8. The predicted molar refractivity (Wildman–Crippen MR) is 225 cm³/mol. The van der Waals surface area contributed by atoms with Crippen LogP contribution in [0.4, 0.5) is 17.1 Å². The van der Waals surface area contributed by atoms with Gasteiger partial charge in [-0.15, -0.1) is 11.3 Å². The Labute approximate surface area is 314 Å². The quantitative estimate of drug-likeness (QED) is 0.172. The van der Waals surface area contributed by atoms with Crippen LogP contribution in [0.1, 0.15) is 0 Å². The average molecular weight is 711 g/mol. The normalized spacial score (nSPS) is 11.7. The van der Waals surface area contributed by atoms with Crippen LogP contribution < -0.4 is 4.90 Å². The molecular weight excluding hydrogens is 681 g/mol. The lowest BCUT2D eigenvalue weighted by molar-refractivity contribution is 0.669. The summed E-state index contributed by atoms with van der Waals surface area (Å²) in [6.07, 6.45) is 0. The number of anilines is 3. The third-order valence-electron chi connectivity index (χ3n) is 10.3. The zero-order valence-electron chi connectivity index (χ0n) is 28.9. The first kappa shape index (κ1) is 30.7. The van der Waals surface area contributed by atoms with Gasteiger partial charge in [0.05, 0.1) is 15.9 Å². The highest BCUT2D eigenvalue weighted by Gasteiger charge is 2.22. The molecule has 3 heterocycles. The molecule has 0 amide bonds. The van der Waals surface area contributed by atoms with Crippen molar-refractivity contribution in [3.8, 4) is 32.8 Å². The van der Waals surface area contributed by atoms with E-state index in [1.165, 1.54) is 0 Å². The van der Waals surface area contributed by atoms with E-state index < -0.39 is 0 Å². The SMILES string of the molecule is c1ccc(-c2nc3cc(-c4ccc(N(c5ccc6c(c5)oc5ccccc56)c5ccccc5-c5ccccc5)cc4)c4oc5ccccc5c4c3s2)cc1. The minimum atomic E-state index is 0.853. The van der Waals surface area contributed by atoms with E-state index in [0.29, 0.717) is 0 Å². The van der Waals surface area contributed by atoms with Crippen LogP contribution in [0.15, 0.2) is 191 Å². The van der Waals surface area contributed by atoms with Crippen LogP contribution in [0.5, 0.6) is 0 Å². The molecule has 254 valence electrons. The zero-order chi connectivity index (χ0) is 35.6. The summed E-state index contributed by atoms with van der Waals surface area (Å²) in [6, 6.07) is 63.6. The van der Waals surface area contributed by atoms with Gasteiger partial charge in [0.1, 0.15) is 27.3 Å². The fourth-order valence-corrected chi connectivity index (χ4v) is 8.90. The molecular formula is C49H30N2O2S. The van der Waals surface area contributed by atoms with Crippen molar-refractivity contribution in [3.05, 3.63) is 182 Å². The number of furan rings is 2. The first-order valence-electron chi connectivity index (χ1n) is 18.0. The van der Waals surface area contributed by atoms with Gasteiger partial charge in [-0.1, -0.05) is 127 Å². The molecule has 4 nitrogen and oxygen atoms in total. The minimum Gasteiger partial charge on any atom is -0.456 e. The highest BCUT2D eigenvalue weighted by atomic mass is 32.1. The second kappa shape index (κ2) is 12.3. The van der Waals surface area contributed by atoms with Crippen LogP contribution in [-0.2, 0) is 0 Å². The van der Waals surface area contributed by atoms with Crippen LogP contribution in [0.3, 0.4) is 0 Å². The average Bonchev–Trinajstić information content (AvgIpc) is 3.95. The molecule has 0 spiro atoms. The van der Waals surface area contributed by atoms with Gasteiger partial charge in [-0.3, -0.25) is 0 Å². The standard InChI is InChI=1S/C49H30N2O2S/c1-3-13-31(14-4-1)36-17-7-10-20-42(36)51(35-27-28-38-37-18-8-11-21-43(37)52-45(38)29-35)34-25-23-32(24-26-34)40-30-41-48(54-49(50-41)33-15-5-2-6-16-33)46-39-19-9-12-22-44(39)53-47(40)46/h1-30H. The third-order valence-corrected chi connectivity index (χ3v) is 11.4. The van der Waals surface area contributed by atoms with E-state index in [2.05, 4.69) is 157 Å². The molecule has 11 aromatic rings. The van der Waals surface area contributed by atoms with Crippen molar-refractivity contribution in [1.82, 2.24) is 4.98 Å². The summed E-state index contributed by atoms with van der Waals surface area (Å²) in [4.78, 5) is 7.49. The third kappa shape index (κ3) is 4.94. The fourth-order valence-electron chi connectivity index (χ4n) is 7.79. The van der Waals surface area contributed by atoms with Crippen molar-refractivity contribution in [2.75, 3.05) is 4.90 Å². The van der Waals surface area contributed by atoms with Crippen molar-refractivity contribution >= 4 is 82.5 Å². The molecule has 5 heteroatoms. The molecule has 0 radical (unpaired) electrons. The number of hydrogen-bond acceptors (Lipinski definition) is 5. The predicted octanol–water partition coefficient (Wildman–Crippen LogP) is 14.6. The van der Waals surface area contributed by atoms with E-state index in [1.54, 1.807) is 11.3 Å². The number of benzene rings is 8. The largest absolute Gasteiger partial charge is 0.456 e. The van der Waals surface area contributed by atoms with Gasteiger partial charge in [-0.05, 0) is 59.7 Å². The number of hydrogen-bond donors (Lipinski definition) is 0. The Bertz CT molecular complexity index is 3160. The Balaban J connectivity index is 1.09. The van der Waals surface area contributed by atoms with Crippen LogP contribution in [0, 0.1) is 0 Å². The van der Waals surface area contributed by atoms with E-state index >= 15 is 0 Å². The molecule has 0 atom stereocenters. The molecule has 0 fully saturated rings. The second-order valence-electron chi connectivity index (χ2n) is 13.5. The van der Waals surface area contributed by atoms with Gasteiger partial charge in [0.2, 0.25) is 0 Å². The lowest BCUT2D eigenvalue weighted by atomic mass is 9.99. The van der Waals surface area contributed by atoms with Crippen LogP contribution in [0.2, 0.25) is 0 Å². The number of rotatable bonds is 6. The van der Waals surface area contributed by atoms with Crippen molar-refractivity contribution < 1.29 is 8.83 Å². The molecule has 0 saturated heterocycles. The van der Waals surface area contributed by atoms with E-state index in [1.807, 2.05) is 30.3 Å².